The Morgan fingerprint density at radius 2 is 1.69 bits per heavy atom. The van der Waals surface area contributed by atoms with Crippen LogP contribution >= 0.6 is 0 Å². The first-order valence-corrected chi connectivity index (χ1v) is 14.1. The zero-order valence-corrected chi connectivity index (χ0v) is 24.3. The SMILES string of the molecule is C=Cc1c(C)c2cc3nc(c4c5[nH]c(cc6nc(cc1[nH]2)C(C)=C6CC)c(C)c5C(=O)OC4=O)[C@@H](CCC(=O)O)[C@@H]3C. The lowest BCUT2D eigenvalue weighted by Gasteiger charge is -2.18. The molecule has 3 aliphatic heterocycles. The highest BCUT2D eigenvalue weighted by Crippen LogP contribution is 2.43. The third kappa shape index (κ3) is 4.10. The Hall–Kier alpha value is -4.79. The van der Waals surface area contributed by atoms with Crippen LogP contribution in [-0.2, 0) is 9.53 Å². The second-order valence-corrected chi connectivity index (χ2v) is 11.2. The zero-order valence-electron chi connectivity index (χ0n) is 24.3. The van der Waals surface area contributed by atoms with Crippen molar-refractivity contribution in [2.75, 3.05) is 0 Å². The quantitative estimate of drug-likeness (QED) is 0.224. The van der Waals surface area contributed by atoms with Gasteiger partial charge in [-0.25, -0.2) is 14.6 Å². The van der Waals surface area contributed by atoms with Gasteiger partial charge in [0.05, 0.1) is 28.2 Å². The van der Waals surface area contributed by atoms with Crippen LogP contribution in [0.1, 0.15) is 112 Å². The van der Waals surface area contributed by atoms with Crippen molar-refractivity contribution in [2.24, 2.45) is 0 Å². The first-order valence-electron chi connectivity index (χ1n) is 14.1. The van der Waals surface area contributed by atoms with Gasteiger partial charge in [-0.15, -0.1) is 0 Å². The van der Waals surface area contributed by atoms with E-state index in [9.17, 15) is 19.5 Å². The fraction of sp³-hybridized carbons (Fsp3) is 0.303. The summed E-state index contributed by atoms with van der Waals surface area (Å²) >= 11 is 0. The third-order valence-electron chi connectivity index (χ3n) is 8.90. The van der Waals surface area contributed by atoms with Crippen LogP contribution in [0.4, 0.5) is 0 Å². The number of carboxylic acids is 1. The van der Waals surface area contributed by atoms with E-state index in [-0.39, 0.29) is 35.8 Å². The van der Waals surface area contributed by atoms with E-state index in [0.29, 0.717) is 28.0 Å². The summed E-state index contributed by atoms with van der Waals surface area (Å²) in [6.07, 6.45) is 2.75. The van der Waals surface area contributed by atoms with Gasteiger partial charge in [-0.1, -0.05) is 26.5 Å². The fourth-order valence-corrected chi connectivity index (χ4v) is 6.49. The third-order valence-corrected chi connectivity index (χ3v) is 8.90. The Morgan fingerprint density at radius 1 is 1.00 bits per heavy atom. The van der Waals surface area contributed by atoms with Crippen molar-refractivity contribution in [3.63, 3.8) is 0 Å². The summed E-state index contributed by atoms with van der Waals surface area (Å²) in [5.74, 6) is -3.03. The molecular formula is C33H32N4O5. The van der Waals surface area contributed by atoms with Gasteiger partial charge in [0.25, 0.3) is 0 Å². The molecule has 0 saturated heterocycles. The second-order valence-electron chi connectivity index (χ2n) is 11.2. The van der Waals surface area contributed by atoms with E-state index in [1.807, 2.05) is 45.0 Å². The average Bonchev–Trinajstić information content (AvgIpc) is 3.61. The predicted octanol–water partition coefficient (Wildman–Crippen LogP) is 6.98. The number of carboxylic acid groups (broad SMARTS) is 1. The number of nitrogens with zero attached hydrogens (tertiary/aromatic N) is 2. The Labute approximate surface area is 242 Å². The van der Waals surface area contributed by atoms with Crippen molar-refractivity contribution < 1.29 is 24.2 Å². The molecule has 0 amide bonds. The van der Waals surface area contributed by atoms with E-state index in [1.54, 1.807) is 0 Å². The predicted molar refractivity (Wildman–Crippen MR) is 161 cm³/mol. The normalized spacial score (nSPS) is 17.9. The molecule has 0 radical (unpaired) electrons. The van der Waals surface area contributed by atoms with E-state index in [1.165, 1.54) is 0 Å². The molecule has 3 N–H and O–H groups in total. The number of esters is 2. The lowest BCUT2D eigenvalue weighted by molar-refractivity contribution is -0.137. The summed E-state index contributed by atoms with van der Waals surface area (Å²) < 4.78 is 5.25. The smallest absolute Gasteiger partial charge is 0.350 e. The molecule has 8 bridgehead atoms. The molecule has 3 aromatic rings. The molecule has 0 saturated carbocycles. The molecule has 214 valence electrons. The number of aliphatic carboxylic acids is 1. The monoisotopic (exact) mass is 564 g/mol. The Balaban J connectivity index is 1.82. The largest absolute Gasteiger partial charge is 0.481 e. The van der Waals surface area contributed by atoms with Crippen molar-refractivity contribution in [2.45, 2.75) is 65.7 Å². The highest BCUT2D eigenvalue weighted by molar-refractivity contribution is 6.18. The van der Waals surface area contributed by atoms with Crippen molar-refractivity contribution in [1.29, 1.82) is 0 Å². The number of carbonyl (C=O) groups is 3. The number of H-pyrrole nitrogens is 2. The van der Waals surface area contributed by atoms with Crippen molar-refractivity contribution in [3.8, 4) is 0 Å². The van der Waals surface area contributed by atoms with Crippen LogP contribution in [0, 0.1) is 13.8 Å². The molecule has 3 aromatic heterocycles. The molecule has 0 spiro atoms. The maximum absolute atomic E-state index is 13.4. The molecule has 0 unspecified atom stereocenters. The van der Waals surface area contributed by atoms with Gasteiger partial charge in [0.2, 0.25) is 0 Å². The van der Waals surface area contributed by atoms with Gasteiger partial charge in [-0.05, 0) is 74.1 Å². The molecule has 42 heavy (non-hydrogen) atoms. The number of fused-ring (bicyclic) bond motifs is 8. The highest BCUT2D eigenvalue weighted by atomic mass is 16.6. The fourth-order valence-electron chi connectivity index (χ4n) is 6.49. The summed E-state index contributed by atoms with van der Waals surface area (Å²) in [5, 5.41) is 9.50. The van der Waals surface area contributed by atoms with E-state index >= 15 is 0 Å². The van der Waals surface area contributed by atoms with Gasteiger partial charge < -0.3 is 19.8 Å². The van der Waals surface area contributed by atoms with Crippen LogP contribution in [0.15, 0.2) is 24.8 Å². The molecule has 9 heteroatoms. The van der Waals surface area contributed by atoms with E-state index in [0.717, 1.165) is 51.1 Å². The van der Waals surface area contributed by atoms with Gasteiger partial charge >= 0.3 is 17.9 Å². The van der Waals surface area contributed by atoms with Crippen LogP contribution in [0.3, 0.4) is 0 Å². The maximum Gasteiger partial charge on any atom is 0.350 e. The van der Waals surface area contributed by atoms with Crippen molar-refractivity contribution >= 4 is 57.2 Å². The first kappa shape index (κ1) is 27.4. The zero-order chi connectivity index (χ0) is 30.0. The summed E-state index contributed by atoms with van der Waals surface area (Å²) in [5.41, 5.74) is 10.6. The summed E-state index contributed by atoms with van der Waals surface area (Å²) in [6.45, 7) is 14.0. The number of rotatable bonds is 5. The van der Waals surface area contributed by atoms with Crippen LogP contribution in [0.25, 0.3) is 39.3 Å². The summed E-state index contributed by atoms with van der Waals surface area (Å²) in [4.78, 5) is 54.8. The van der Waals surface area contributed by atoms with Gasteiger partial charge in [-0.3, -0.25) is 9.78 Å². The maximum atomic E-state index is 13.4. The Kier molecular flexibility index (Phi) is 6.48. The molecule has 6 rings (SSSR count). The highest BCUT2D eigenvalue weighted by Gasteiger charge is 2.38. The number of aryl methyl sites for hydroxylation is 2. The number of ether oxygens (including phenoxy) is 1. The van der Waals surface area contributed by atoms with Crippen LogP contribution in [-0.4, -0.2) is 43.0 Å². The number of aromatic nitrogens is 4. The number of allylic oxidation sites excluding steroid dienone is 2. The minimum atomic E-state index is -0.934. The minimum absolute atomic E-state index is 0.0939. The van der Waals surface area contributed by atoms with E-state index < -0.39 is 17.9 Å². The molecule has 2 atom stereocenters. The standard InChI is InChI=1S/C33H32N4O5/c1-7-18-14(3)21-11-23-16(5)20(9-10-27(38)39)30(36-23)29-31-28(32(40)42-33(29)41)17(6)24(37-31)13-26-19(8-2)15(4)22(35-26)12-25(18)34-21/h7,11-13,16,20,34,37H,1,8-10H2,2-6H3,(H,38,39)/t16-,20-/m0/s1. The number of hydrogen-bond acceptors (Lipinski definition) is 6. The van der Waals surface area contributed by atoms with E-state index in [2.05, 4.69) is 30.4 Å². The number of hydrogen-bond donors (Lipinski definition) is 3. The van der Waals surface area contributed by atoms with Crippen LogP contribution in [0.5, 0.6) is 0 Å². The lowest BCUT2D eigenvalue weighted by atomic mass is 9.85. The first-order chi connectivity index (χ1) is 20.0. The lowest BCUT2D eigenvalue weighted by Crippen LogP contribution is -2.21. The minimum Gasteiger partial charge on any atom is -0.481 e. The van der Waals surface area contributed by atoms with Gasteiger partial charge in [0.1, 0.15) is 5.56 Å². The van der Waals surface area contributed by atoms with Crippen LogP contribution < -0.4 is 0 Å². The topological polar surface area (TPSA) is 138 Å². The molecule has 0 fully saturated rings. The second kappa shape index (κ2) is 9.94. The molecule has 3 aliphatic rings. The van der Waals surface area contributed by atoms with E-state index in [4.69, 9.17) is 14.7 Å². The van der Waals surface area contributed by atoms with Gasteiger partial charge in [0.15, 0.2) is 0 Å². The number of aromatic amines is 2. The molecule has 0 aromatic carbocycles. The Bertz CT molecular complexity index is 1940. The van der Waals surface area contributed by atoms with Crippen molar-refractivity contribution in [1.82, 2.24) is 19.9 Å². The average molecular weight is 565 g/mol. The van der Waals surface area contributed by atoms with Crippen LogP contribution in [0.2, 0.25) is 0 Å². The number of cyclic esters (lactones) is 2. The summed E-state index contributed by atoms with van der Waals surface area (Å²) in [7, 11) is 0. The number of carbonyl (C=O) groups excluding carboxylic acids is 2. The number of nitrogens with one attached hydrogen (secondary N) is 2. The molecule has 6 heterocycles. The Morgan fingerprint density at radius 3 is 2.38 bits per heavy atom. The van der Waals surface area contributed by atoms with Gasteiger partial charge in [0, 0.05) is 46.1 Å². The molecule has 0 aliphatic carbocycles. The van der Waals surface area contributed by atoms with Gasteiger partial charge in [-0.2, -0.15) is 0 Å². The molecule has 9 nitrogen and oxygen atoms in total. The molecular weight excluding hydrogens is 532 g/mol. The van der Waals surface area contributed by atoms with Crippen molar-refractivity contribution in [3.05, 3.63) is 75.4 Å². The summed E-state index contributed by atoms with van der Waals surface area (Å²) in [6, 6.07) is 5.88.